The minimum absolute atomic E-state index is 0.171. The first-order chi connectivity index (χ1) is 15.1. The molecule has 4 rings (SSSR count). The van der Waals surface area contributed by atoms with Gasteiger partial charge in [-0.25, -0.2) is 9.97 Å². The van der Waals surface area contributed by atoms with E-state index in [2.05, 4.69) is 15.3 Å². The number of carbonyl (C=O) groups excluding carboxylic acids is 2. The summed E-state index contributed by atoms with van der Waals surface area (Å²) in [6.07, 6.45) is 5.07. The molecule has 0 fully saturated rings. The van der Waals surface area contributed by atoms with Gasteiger partial charge in [-0.2, -0.15) is 0 Å². The second-order valence-corrected chi connectivity index (χ2v) is 7.36. The van der Waals surface area contributed by atoms with Crippen LogP contribution in [0, 0.1) is 0 Å². The molecule has 1 aromatic carbocycles. The monoisotopic (exact) mass is 417 g/mol. The van der Waals surface area contributed by atoms with E-state index in [-0.39, 0.29) is 22.9 Å². The van der Waals surface area contributed by atoms with Crippen molar-refractivity contribution in [2.24, 2.45) is 0 Å². The molecule has 8 heteroatoms. The number of aromatic nitrogens is 3. The molecule has 0 aliphatic carbocycles. The summed E-state index contributed by atoms with van der Waals surface area (Å²) in [5.74, 6) is -0.574. The highest BCUT2D eigenvalue weighted by atomic mass is 16.2. The summed E-state index contributed by atoms with van der Waals surface area (Å²) in [4.78, 5) is 48.4. The van der Waals surface area contributed by atoms with Crippen LogP contribution in [0.15, 0.2) is 59.9 Å². The number of carbonyl (C=O) groups is 2. The van der Waals surface area contributed by atoms with Gasteiger partial charge in [-0.1, -0.05) is 30.3 Å². The highest BCUT2D eigenvalue weighted by molar-refractivity contribution is 5.96. The molecule has 1 aliphatic heterocycles. The number of benzene rings is 1. The Bertz CT molecular complexity index is 1160. The summed E-state index contributed by atoms with van der Waals surface area (Å²) < 4.78 is 1.55. The molecule has 3 heterocycles. The first-order valence-electron chi connectivity index (χ1n) is 10.2. The number of rotatable bonds is 5. The lowest BCUT2D eigenvalue weighted by Crippen LogP contribution is -2.41. The van der Waals surface area contributed by atoms with Gasteiger partial charge in [-0.05, 0) is 36.1 Å². The zero-order valence-electron chi connectivity index (χ0n) is 17.2. The fourth-order valence-electron chi connectivity index (χ4n) is 3.84. The minimum atomic E-state index is -0.373. The van der Waals surface area contributed by atoms with Crippen LogP contribution in [0.4, 0.5) is 0 Å². The maximum Gasteiger partial charge on any atom is 0.272 e. The second kappa shape index (κ2) is 8.91. The Balaban J connectivity index is 1.73. The molecule has 0 spiro atoms. The van der Waals surface area contributed by atoms with Gasteiger partial charge in [0.15, 0.2) is 0 Å². The summed E-state index contributed by atoms with van der Waals surface area (Å²) in [7, 11) is 0. The van der Waals surface area contributed by atoms with Crippen LogP contribution in [0.25, 0.3) is 0 Å². The van der Waals surface area contributed by atoms with E-state index in [0.717, 1.165) is 11.1 Å². The number of pyridine rings is 1. The predicted molar refractivity (Wildman–Crippen MR) is 115 cm³/mol. The van der Waals surface area contributed by atoms with Gasteiger partial charge >= 0.3 is 0 Å². The van der Waals surface area contributed by atoms with E-state index in [1.165, 1.54) is 12.5 Å². The van der Waals surface area contributed by atoms with Gasteiger partial charge in [0.25, 0.3) is 17.4 Å². The third-order valence-corrected chi connectivity index (χ3v) is 5.32. The molecule has 0 radical (unpaired) electrons. The van der Waals surface area contributed by atoms with Crippen molar-refractivity contribution in [3.63, 3.8) is 0 Å². The molecule has 158 valence electrons. The average Bonchev–Trinajstić information content (AvgIpc) is 2.80. The standard InChI is InChI=1S/C23H23N5O3/c1-2-25-21(29)20-18-9-11-27(22(30)19-8-10-24-15-26-19)13-17(18)14-28(23(20)31)12-16-6-4-3-5-7-16/h3-8,10,14-15H,2,9,11-13H2,1H3,(H,25,29). The molecule has 0 atom stereocenters. The molecule has 1 aliphatic rings. The Morgan fingerprint density at radius 3 is 2.68 bits per heavy atom. The number of nitrogens with one attached hydrogen (secondary N) is 1. The van der Waals surface area contributed by atoms with E-state index in [0.29, 0.717) is 43.9 Å². The molecule has 3 aromatic rings. The van der Waals surface area contributed by atoms with Gasteiger partial charge in [0, 0.05) is 32.0 Å². The lowest BCUT2D eigenvalue weighted by atomic mass is 9.95. The summed E-state index contributed by atoms with van der Waals surface area (Å²) in [6.45, 7) is 3.31. The van der Waals surface area contributed by atoms with E-state index < -0.39 is 0 Å². The SMILES string of the molecule is CCNC(=O)c1c2c(cn(Cc3ccccc3)c1=O)CN(C(=O)c1ccncn1)CC2. The van der Waals surface area contributed by atoms with Gasteiger partial charge in [0.05, 0.1) is 6.54 Å². The van der Waals surface area contributed by atoms with Crippen molar-refractivity contribution >= 4 is 11.8 Å². The highest BCUT2D eigenvalue weighted by Crippen LogP contribution is 2.22. The van der Waals surface area contributed by atoms with Crippen molar-refractivity contribution in [1.82, 2.24) is 24.8 Å². The topological polar surface area (TPSA) is 97.2 Å². The molecule has 31 heavy (non-hydrogen) atoms. The Labute approximate surface area is 179 Å². The zero-order chi connectivity index (χ0) is 21.8. The quantitative estimate of drug-likeness (QED) is 0.681. The van der Waals surface area contributed by atoms with Crippen LogP contribution in [-0.4, -0.2) is 44.3 Å². The van der Waals surface area contributed by atoms with E-state index in [9.17, 15) is 14.4 Å². The zero-order valence-corrected chi connectivity index (χ0v) is 17.2. The van der Waals surface area contributed by atoms with E-state index >= 15 is 0 Å². The summed E-state index contributed by atoms with van der Waals surface area (Å²) in [5, 5.41) is 2.75. The number of hydrogen-bond donors (Lipinski definition) is 1. The van der Waals surface area contributed by atoms with Crippen LogP contribution in [-0.2, 0) is 19.5 Å². The smallest absolute Gasteiger partial charge is 0.272 e. The maximum atomic E-state index is 13.2. The number of fused-ring (bicyclic) bond motifs is 1. The first-order valence-corrected chi connectivity index (χ1v) is 10.2. The van der Waals surface area contributed by atoms with Crippen LogP contribution < -0.4 is 10.9 Å². The maximum absolute atomic E-state index is 13.2. The predicted octanol–water partition coefficient (Wildman–Crippen LogP) is 1.63. The van der Waals surface area contributed by atoms with Crippen LogP contribution in [0.3, 0.4) is 0 Å². The Morgan fingerprint density at radius 2 is 1.97 bits per heavy atom. The van der Waals surface area contributed by atoms with Gasteiger partial charge in [-0.15, -0.1) is 0 Å². The molecule has 8 nitrogen and oxygen atoms in total. The van der Waals surface area contributed by atoms with Gasteiger partial charge in [0.2, 0.25) is 0 Å². The van der Waals surface area contributed by atoms with Crippen molar-refractivity contribution in [2.45, 2.75) is 26.4 Å². The van der Waals surface area contributed by atoms with E-state index in [1.54, 1.807) is 21.7 Å². The number of amides is 2. The van der Waals surface area contributed by atoms with Crippen LogP contribution in [0.5, 0.6) is 0 Å². The third-order valence-electron chi connectivity index (χ3n) is 5.32. The molecule has 0 unspecified atom stereocenters. The highest BCUT2D eigenvalue weighted by Gasteiger charge is 2.28. The lowest BCUT2D eigenvalue weighted by Gasteiger charge is -2.30. The average molecular weight is 417 g/mol. The molecule has 1 N–H and O–H groups in total. The van der Waals surface area contributed by atoms with Crippen molar-refractivity contribution in [3.8, 4) is 0 Å². The van der Waals surface area contributed by atoms with Crippen LogP contribution in [0.2, 0.25) is 0 Å². The molecule has 0 bridgehead atoms. The minimum Gasteiger partial charge on any atom is -0.352 e. The van der Waals surface area contributed by atoms with E-state index in [1.807, 2.05) is 37.3 Å². The Kier molecular flexibility index (Phi) is 5.88. The molecule has 2 amide bonds. The van der Waals surface area contributed by atoms with Crippen molar-refractivity contribution < 1.29 is 9.59 Å². The van der Waals surface area contributed by atoms with Gasteiger partial charge in [0.1, 0.15) is 17.6 Å². The van der Waals surface area contributed by atoms with E-state index in [4.69, 9.17) is 0 Å². The Morgan fingerprint density at radius 1 is 1.16 bits per heavy atom. The normalized spacial score (nSPS) is 12.9. The Hall–Kier alpha value is -3.81. The van der Waals surface area contributed by atoms with Gasteiger partial charge in [-0.3, -0.25) is 14.4 Å². The van der Waals surface area contributed by atoms with Crippen molar-refractivity contribution in [2.75, 3.05) is 13.1 Å². The molecule has 0 saturated carbocycles. The van der Waals surface area contributed by atoms with Crippen LogP contribution in [0.1, 0.15) is 44.5 Å². The second-order valence-electron chi connectivity index (χ2n) is 7.36. The van der Waals surface area contributed by atoms with Crippen LogP contribution >= 0.6 is 0 Å². The molecule has 2 aromatic heterocycles. The molecular formula is C23H23N5O3. The molecular weight excluding hydrogens is 394 g/mol. The van der Waals surface area contributed by atoms with Crippen molar-refractivity contribution in [1.29, 1.82) is 0 Å². The first kappa shape index (κ1) is 20.5. The summed E-state index contributed by atoms with van der Waals surface area (Å²) in [5.41, 5.74) is 2.64. The number of nitrogens with zero attached hydrogens (tertiary/aromatic N) is 4. The fourth-order valence-corrected chi connectivity index (χ4v) is 3.84. The largest absolute Gasteiger partial charge is 0.352 e. The summed E-state index contributed by atoms with van der Waals surface area (Å²) in [6, 6.07) is 11.2. The van der Waals surface area contributed by atoms with Gasteiger partial charge < -0.3 is 14.8 Å². The van der Waals surface area contributed by atoms with Crippen molar-refractivity contribution in [3.05, 3.63) is 93.4 Å². The number of hydrogen-bond acceptors (Lipinski definition) is 5. The summed E-state index contributed by atoms with van der Waals surface area (Å²) >= 11 is 0. The third kappa shape index (κ3) is 4.23. The fraction of sp³-hybridized carbons (Fsp3) is 0.261. The lowest BCUT2D eigenvalue weighted by molar-refractivity contribution is 0.0727. The molecule has 0 saturated heterocycles.